The van der Waals surface area contributed by atoms with Crippen molar-refractivity contribution in [1.29, 1.82) is 0 Å². The number of hydrogen-bond acceptors (Lipinski definition) is 2. The Labute approximate surface area is 213 Å². The summed E-state index contributed by atoms with van der Waals surface area (Å²) in [4.78, 5) is 5.73. The van der Waals surface area contributed by atoms with Gasteiger partial charge in [0, 0.05) is 41.4 Å². The lowest BCUT2D eigenvalue weighted by Gasteiger charge is -2.17. The van der Waals surface area contributed by atoms with E-state index >= 15 is 0 Å². The lowest BCUT2D eigenvalue weighted by molar-refractivity contribution is 1.36. The second kappa shape index (κ2) is 9.52. The minimum Gasteiger partial charge on any atom is -0.144 e. The molecule has 0 saturated carbocycles. The molecule has 0 bridgehead atoms. The Balaban J connectivity index is 1.90. The second-order valence-corrected chi connectivity index (χ2v) is 13.3. The Morgan fingerprint density at radius 2 is 0.882 bits per heavy atom. The first-order valence-electron chi connectivity index (χ1n) is 11.5. The Hall–Kier alpha value is -2.08. The van der Waals surface area contributed by atoms with Gasteiger partial charge in [-0.15, -0.1) is 22.7 Å². The maximum Gasteiger partial charge on any atom is 0.0359 e. The summed E-state index contributed by atoms with van der Waals surface area (Å²) in [5.74, 6) is 0. The molecule has 0 aliphatic heterocycles. The van der Waals surface area contributed by atoms with Crippen molar-refractivity contribution in [3.63, 3.8) is 0 Å². The molecule has 2 heterocycles. The highest BCUT2D eigenvalue weighted by molar-refractivity contribution is 7.42. The van der Waals surface area contributed by atoms with Gasteiger partial charge >= 0.3 is 0 Å². The second-order valence-electron chi connectivity index (χ2n) is 9.12. The standard InChI is InChI=1S/C30H28P2S2/c1-17-13-19(3)27(20(4)14-17)31-29-25(23-9-7-11-33-23)26(24-10-8-12-34-24)30(29)32-28-21(5)15-18(2)16-22(28)6/h7-16H,1-6H3. The fraction of sp³-hybridized carbons (Fsp3) is 0.200. The van der Waals surface area contributed by atoms with Crippen LogP contribution in [-0.2, 0) is 0 Å². The molecule has 0 fully saturated rings. The summed E-state index contributed by atoms with van der Waals surface area (Å²) >= 11 is 3.71. The fourth-order valence-electron chi connectivity index (χ4n) is 4.87. The summed E-state index contributed by atoms with van der Waals surface area (Å²) in [6, 6.07) is 18.2. The maximum atomic E-state index is 2.33. The van der Waals surface area contributed by atoms with Crippen molar-refractivity contribution >= 4 is 49.7 Å². The van der Waals surface area contributed by atoms with Crippen LogP contribution in [0.2, 0.25) is 0 Å². The van der Waals surface area contributed by atoms with E-state index in [2.05, 4.69) is 101 Å². The predicted octanol–water partition coefficient (Wildman–Crippen LogP) is 9.48. The molecule has 34 heavy (non-hydrogen) atoms. The smallest absolute Gasteiger partial charge is 0.0359 e. The molecule has 170 valence electrons. The molecule has 0 unspecified atom stereocenters. The minimum atomic E-state index is 1.32. The van der Waals surface area contributed by atoms with Crippen molar-refractivity contribution in [2.24, 2.45) is 0 Å². The van der Waals surface area contributed by atoms with E-state index in [1.165, 1.54) is 91.2 Å². The maximum absolute atomic E-state index is 2.33. The third-order valence-corrected chi connectivity index (χ3v) is 11.4. The van der Waals surface area contributed by atoms with Crippen LogP contribution in [0, 0.1) is 51.4 Å². The molecule has 0 aliphatic carbocycles. The first kappa shape index (κ1) is 23.7. The number of rotatable bonds is 4. The van der Waals surface area contributed by atoms with E-state index in [1.54, 1.807) is 0 Å². The van der Waals surface area contributed by atoms with Gasteiger partial charge in [-0.05, 0) is 86.7 Å². The molecule has 0 atom stereocenters. The van der Waals surface area contributed by atoms with E-state index < -0.39 is 0 Å². The molecule has 0 N–H and O–H groups in total. The van der Waals surface area contributed by atoms with Crippen LogP contribution < -0.4 is 10.6 Å². The zero-order valence-electron chi connectivity index (χ0n) is 20.5. The average Bonchev–Trinajstić information content (AvgIpc) is 3.45. The van der Waals surface area contributed by atoms with Crippen LogP contribution in [0.5, 0.6) is 0 Å². The van der Waals surface area contributed by atoms with E-state index in [1.807, 2.05) is 22.7 Å². The quantitative estimate of drug-likeness (QED) is 0.210. The van der Waals surface area contributed by atoms with E-state index in [0.717, 1.165) is 0 Å². The molecule has 5 rings (SSSR count). The summed E-state index contributed by atoms with van der Waals surface area (Å²) in [5, 5.41) is 7.31. The molecule has 4 heteroatoms. The van der Waals surface area contributed by atoms with Crippen LogP contribution >= 0.6 is 39.1 Å². The molecule has 0 aliphatic rings. The first-order chi connectivity index (χ1) is 16.3. The Morgan fingerprint density at radius 3 is 1.18 bits per heavy atom. The van der Waals surface area contributed by atoms with Crippen molar-refractivity contribution in [2.45, 2.75) is 41.5 Å². The highest BCUT2D eigenvalue weighted by Crippen LogP contribution is 2.46. The summed E-state index contributed by atoms with van der Waals surface area (Å²) < 4.78 is 0. The highest BCUT2D eigenvalue weighted by atomic mass is 32.1. The van der Waals surface area contributed by atoms with Crippen LogP contribution in [0.1, 0.15) is 33.4 Å². The topological polar surface area (TPSA) is 0 Å². The molecular formula is C30H28P2S2. The third-order valence-electron chi connectivity index (χ3n) is 6.20. The van der Waals surface area contributed by atoms with Crippen molar-refractivity contribution in [1.82, 2.24) is 0 Å². The van der Waals surface area contributed by atoms with Gasteiger partial charge in [0.2, 0.25) is 0 Å². The van der Waals surface area contributed by atoms with Gasteiger partial charge in [-0.1, -0.05) is 63.9 Å². The minimum absolute atomic E-state index is 1.32. The Morgan fingerprint density at radius 1 is 0.529 bits per heavy atom. The van der Waals surface area contributed by atoms with Crippen LogP contribution in [0.25, 0.3) is 20.9 Å². The molecule has 0 radical (unpaired) electrons. The molecule has 0 amide bonds. The van der Waals surface area contributed by atoms with Gasteiger partial charge in [0.15, 0.2) is 0 Å². The molecule has 0 saturated heterocycles. The molecule has 3 aromatic carbocycles. The van der Waals surface area contributed by atoms with E-state index in [4.69, 9.17) is 0 Å². The summed E-state index contributed by atoms with van der Waals surface area (Å²) in [7, 11) is 2.64. The van der Waals surface area contributed by atoms with Gasteiger partial charge in [0.25, 0.3) is 0 Å². The zero-order chi connectivity index (χ0) is 24.0. The average molecular weight is 515 g/mol. The van der Waals surface area contributed by atoms with Crippen molar-refractivity contribution < 1.29 is 0 Å². The predicted molar refractivity (Wildman–Crippen MR) is 156 cm³/mol. The number of benzene rings is 2. The van der Waals surface area contributed by atoms with Crippen LogP contribution in [0.15, 0.2) is 59.3 Å². The van der Waals surface area contributed by atoms with Crippen LogP contribution in [0.4, 0.5) is 0 Å². The fourth-order valence-corrected chi connectivity index (χ4v) is 9.42. The zero-order valence-corrected chi connectivity index (χ0v) is 23.9. The lowest BCUT2D eigenvalue weighted by Crippen LogP contribution is -2.06. The Kier molecular flexibility index (Phi) is 6.62. The van der Waals surface area contributed by atoms with Crippen molar-refractivity contribution in [3.05, 3.63) is 103 Å². The van der Waals surface area contributed by atoms with E-state index in [9.17, 15) is 0 Å². The third kappa shape index (κ3) is 4.34. The normalized spacial score (nSPS) is 12.8. The number of hydrogen-bond donors (Lipinski definition) is 0. The molecule has 2 aromatic heterocycles. The summed E-state index contributed by atoms with van der Waals surface area (Å²) in [6.07, 6.45) is 0. The molecule has 0 nitrogen and oxygen atoms in total. The van der Waals surface area contributed by atoms with Crippen LogP contribution in [-0.4, -0.2) is 0 Å². The molecule has 5 aromatic rings. The van der Waals surface area contributed by atoms with Crippen molar-refractivity contribution in [2.75, 3.05) is 0 Å². The number of thiophene rings is 2. The Bertz CT molecular complexity index is 1420. The van der Waals surface area contributed by atoms with Gasteiger partial charge in [0.05, 0.1) is 0 Å². The van der Waals surface area contributed by atoms with Gasteiger partial charge in [-0.2, -0.15) is 0 Å². The van der Waals surface area contributed by atoms with Gasteiger partial charge in [-0.3, -0.25) is 0 Å². The SMILES string of the molecule is Cc1cc(C)c(P=c2c(-c3cccs3)c(-c3cccs3)c2=Pc2c(C)cc(C)cc2C)c(C)c1. The first-order valence-corrected chi connectivity index (χ1v) is 15.0. The highest BCUT2D eigenvalue weighted by Gasteiger charge is 2.21. The van der Waals surface area contributed by atoms with Gasteiger partial charge < -0.3 is 0 Å². The van der Waals surface area contributed by atoms with Gasteiger partial charge in [-0.25, -0.2) is 0 Å². The monoisotopic (exact) mass is 514 g/mol. The van der Waals surface area contributed by atoms with Crippen LogP contribution in [0.3, 0.4) is 0 Å². The van der Waals surface area contributed by atoms with E-state index in [-0.39, 0.29) is 0 Å². The summed E-state index contributed by atoms with van der Waals surface area (Å²) in [5.41, 5.74) is 11.1. The molecular weight excluding hydrogens is 486 g/mol. The lowest BCUT2D eigenvalue weighted by atomic mass is 10.00. The number of aryl methyl sites for hydroxylation is 6. The van der Waals surface area contributed by atoms with Gasteiger partial charge in [0.1, 0.15) is 0 Å². The largest absolute Gasteiger partial charge is 0.144 e. The van der Waals surface area contributed by atoms with E-state index in [0.29, 0.717) is 0 Å². The van der Waals surface area contributed by atoms with Crippen molar-refractivity contribution in [3.8, 4) is 20.9 Å². The summed E-state index contributed by atoms with van der Waals surface area (Å²) in [6.45, 7) is 13.5. The molecule has 0 spiro atoms.